The van der Waals surface area contributed by atoms with E-state index in [-0.39, 0.29) is 11.8 Å². The number of anilines is 3. The fourth-order valence-electron chi connectivity index (χ4n) is 3.13. The van der Waals surface area contributed by atoms with Gasteiger partial charge in [-0.2, -0.15) is 9.97 Å². The van der Waals surface area contributed by atoms with Crippen molar-refractivity contribution in [2.24, 2.45) is 0 Å². The number of hydrazine groups is 2. The van der Waals surface area contributed by atoms with Crippen LogP contribution in [0.4, 0.5) is 17.3 Å². The highest BCUT2D eigenvalue weighted by Crippen LogP contribution is 2.30. The molecule has 1 aromatic heterocycles. The van der Waals surface area contributed by atoms with Gasteiger partial charge in [-0.05, 0) is 32.6 Å². The number of rotatable bonds is 11. The summed E-state index contributed by atoms with van der Waals surface area (Å²) in [5.74, 6) is 0.759. The molecule has 1 aliphatic heterocycles. The van der Waals surface area contributed by atoms with Crippen LogP contribution in [-0.4, -0.2) is 40.7 Å². The summed E-state index contributed by atoms with van der Waals surface area (Å²) in [6.45, 7) is 12.3. The Hall–Kier alpha value is -2.32. The normalized spacial score (nSPS) is 17.7. The van der Waals surface area contributed by atoms with Gasteiger partial charge in [0.15, 0.2) is 11.6 Å². The first kappa shape index (κ1) is 22.0. The summed E-state index contributed by atoms with van der Waals surface area (Å²) in [4.78, 5) is 8.77. The monoisotopic (exact) mass is 389 g/mol. The van der Waals surface area contributed by atoms with Gasteiger partial charge in [-0.1, -0.05) is 44.6 Å². The van der Waals surface area contributed by atoms with Gasteiger partial charge in [0.25, 0.3) is 0 Å². The summed E-state index contributed by atoms with van der Waals surface area (Å²) in [7, 11) is 0. The highest BCUT2D eigenvalue weighted by molar-refractivity contribution is 5.73. The van der Waals surface area contributed by atoms with E-state index in [1.807, 2.05) is 11.2 Å². The molecule has 2 rings (SSSR count). The first-order chi connectivity index (χ1) is 13.5. The average molecular weight is 390 g/mol. The summed E-state index contributed by atoms with van der Waals surface area (Å²) in [5, 5.41) is 4.15. The van der Waals surface area contributed by atoms with Gasteiger partial charge in [-0.15, -0.1) is 0 Å². The molecule has 2 heterocycles. The van der Waals surface area contributed by atoms with Crippen LogP contribution >= 0.6 is 0 Å². The van der Waals surface area contributed by atoms with Crippen molar-refractivity contribution in [2.45, 2.75) is 58.9 Å². The quantitative estimate of drug-likeness (QED) is 0.301. The number of unbranched alkanes of at least 4 members (excludes halogenated alkanes) is 1. The zero-order valence-corrected chi connectivity index (χ0v) is 17.4. The molecule has 28 heavy (non-hydrogen) atoms. The Morgan fingerprint density at radius 3 is 2.79 bits per heavy atom. The highest BCUT2D eigenvalue weighted by atomic mass is 16.5. The van der Waals surface area contributed by atoms with Crippen molar-refractivity contribution in [3.05, 3.63) is 24.3 Å². The lowest BCUT2D eigenvalue weighted by Gasteiger charge is -2.36. The van der Waals surface area contributed by atoms with Gasteiger partial charge in [0.05, 0.1) is 6.61 Å². The maximum absolute atomic E-state index is 6.27. The van der Waals surface area contributed by atoms with Gasteiger partial charge < -0.3 is 16.2 Å². The van der Waals surface area contributed by atoms with Crippen molar-refractivity contribution in [3.8, 4) is 6.01 Å². The molecule has 1 atom stereocenters. The predicted octanol–water partition coefficient (Wildman–Crippen LogP) is 3.05. The minimum Gasteiger partial charge on any atom is -0.463 e. The Morgan fingerprint density at radius 2 is 2.18 bits per heavy atom. The van der Waals surface area contributed by atoms with Crippen LogP contribution in [0.3, 0.4) is 0 Å². The molecule has 0 bridgehead atoms. The third kappa shape index (κ3) is 5.59. The number of hydrogen-bond acceptors (Lipinski definition) is 8. The van der Waals surface area contributed by atoms with Gasteiger partial charge in [0.2, 0.25) is 0 Å². The Kier molecular flexibility index (Phi) is 8.53. The number of nitrogen functional groups attached to an aromatic ring is 2. The summed E-state index contributed by atoms with van der Waals surface area (Å²) in [5.41, 5.74) is 17.4. The standard InChI is InChI=1S/C20H35N7O/c1-5-8-13-28-20-24-18(22)17(21)19(25-20)27(26-12-9-11-15(26)4)23-14-16(7-3)10-6-2/h6,10,15,23H,2,5,7-9,11-14,21H2,1,3-4H3,(H2,22,24,25)/b16-10+. The van der Waals surface area contributed by atoms with Crippen molar-refractivity contribution in [3.63, 3.8) is 0 Å². The molecule has 1 fully saturated rings. The molecule has 1 unspecified atom stereocenters. The third-order valence-electron chi connectivity index (χ3n) is 4.90. The van der Waals surface area contributed by atoms with Crippen LogP contribution in [0.25, 0.3) is 0 Å². The van der Waals surface area contributed by atoms with Gasteiger partial charge >= 0.3 is 6.01 Å². The van der Waals surface area contributed by atoms with Crippen molar-refractivity contribution in [1.29, 1.82) is 0 Å². The maximum Gasteiger partial charge on any atom is 0.320 e. The van der Waals surface area contributed by atoms with Crippen LogP contribution in [0.15, 0.2) is 24.3 Å². The lowest BCUT2D eigenvalue weighted by atomic mass is 10.2. The second-order valence-electron chi connectivity index (χ2n) is 7.05. The third-order valence-corrected chi connectivity index (χ3v) is 4.90. The molecular weight excluding hydrogens is 354 g/mol. The summed E-state index contributed by atoms with van der Waals surface area (Å²) in [6.07, 6.45) is 8.95. The van der Waals surface area contributed by atoms with Crippen LogP contribution in [0.2, 0.25) is 0 Å². The van der Waals surface area contributed by atoms with Gasteiger partial charge in [0, 0.05) is 19.1 Å². The number of allylic oxidation sites excluding steroid dienone is 2. The van der Waals surface area contributed by atoms with E-state index in [4.69, 9.17) is 16.2 Å². The van der Waals surface area contributed by atoms with Crippen LogP contribution < -0.4 is 26.7 Å². The van der Waals surface area contributed by atoms with Crippen LogP contribution in [0.5, 0.6) is 6.01 Å². The second-order valence-corrected chi connectivity index (χ2v) is 7.05. The minimum absolute atomic E-state index is 0.229. The van der Waals surface area contributed by atoms with Crippen molar-refractivity contribution >= 4 is 17.3 Å². The molecule has 0 spiro atoms. The number of hydrogen-bond donors (Lipinski definition) is 3. The number of nitrogens with zero attached hydrogens (tertiary/aromatic N) is 4. The molecule has 1 saturated heterocycles. The number of nitrogens with one attached hydrogen (secondary N) is 1. The zero-order chi connectivity index (χ0) is 20.5. The Bertz CT molecular complexity index is 677. The Balaban J connectivity index is 2.33. The maximum atomic E-state index is 6.27. The molecule has 5 N–H and O–H groups in total. The van der Waals surface area contributed by atoms with Crippen molar-refractivity contribution in [1.82, 2.24) is 20.4 Å². The lowest BCUT2D eigenvalue weighted by molar-refractivity contribution is 0.212. The van der Waals surface area contributed by atoms with E-state index in [1.165, 1.54) is 5.57 Å². The zero-order valence-electron chi connectivity index (χ0n) is 17.4. The SMILES string of the molecule is C=C/C=C(\CC)CNN(c1nc(OCCCC)nc(N)c1N)N1CCCC1C. The number of aromatic nitrogens is 2. The molecule has 8 nitrogen and oxygen atoms in total. The Morgan fingerprint density at radius 1 is 1.39 bits per heavy atom. The van der Waals surface area contributed by atoms with Crippen molar-refractivity contribution < 1.29 is 4.74 Å². The molecule has 1 aliphatic rings. The lowest BCUT2D eigenvalue weighted by Crippen LogP contribution is -2.54. The summed E-state index contributed by atoms with van der Waals surface area (Å²) < 4.78 is 5.69. The number of nitrogens with two attached hydrogens (primary N) is 2. The van der Waals surface area contributed by atoms with E-state index < -0.39 is 0 Å². The average Bonchev–Trinajstić information content (AvgIpc) is 3.10. The van der Waals surface area contributed by atoms with Gasteiger partial charge in [-0.3, -0.25) is 0 Å². The van der Waals surface area contributed by atoms with Crippen LogP contribution in [0.1, 0.15) is 52.9 Å². The first-order valence-electron chi connectivity index (χ1n) is 10.2. The smallest absolute Gasteiger partial charge is 0.320 e. The molecule has 0 aliphatic carbocycles. The highest BCUT2D eigenvalue weighted by Gasteiger charge is 2.30. The van der Waals surface area contributed by atoms with Crippen LogP contribution in [0, 0.1) is 0 Å². The molecule has 0 radical (unpaired) electrons. The van der Waals surface area contributed by atoms with E-state index in [0.29, 0.717) is 30.7 Å². The second kappa shape index (κ2) is 10.9. The van der Waals surface area contributed by atoms with Crippen molar-refractivity contribution in [2.75, 3.05) is 36.3 Å². The van der Waals surface area contributed by atoms with E-state index in [2.05, 4.69) is 47.8 Å². The first-order valence-corrected chi connectivity index (χ1v) is 10.2. The topological polar surface area (TPSA) is 106 Å². The summed E-state index contributed by atoms with van der Waals surface area (Å²) in [6, 6.07) is 0.618. The summed E-state index contributed by atoms with van der Waals surface area (Å²) >= 11 is 0. The van der Waals surface area contributed by atoms with E-state index in [1.54, 1.807) is 6.08 Å². The van der Waals surface area contributed by atoms with E-state index in [9.17, 15) is 0 Å². The molecule has 0 aromatic carbocycles. The van der Waals surface area contributed by atoms with E-state index >= 15 is 0 Å². The van der Waals surface area contributed by atoms with E-state index in [0.717, 1.165) is 38.6 Å². The fraction of sp³-hybridized carbons (Fsp3) is 0.600. The molecular formula is C20H35N7O. The van der Waals surface area contributed by atoms with Crippen LogP contribution in [-0.2, 0) is 0 Å². The molecule has 1 aromatic rings. The largest absolute Gasteiger partial charge is 0.463 e. The molecule has 0 saturated carbocycles. The Labute approximate surface area is 168 Å². The van der Waals surface area contributed by atoms with Gasteiger partial charge in [0.1, 0.15) is 5.69 Å². The fourth-order valence-corrected chi connectivity index (χ4v) is 3.13. The molecule has 156 valence electrons. The minimum atomic E-state index is 0.229. The van der Waals surface area contributed by atoms with Gasteiger partial charge in [-0.25, -0.2) is 15.6 Å². The molecule has 0 amide bonds. The number of ether oxygens (including phenoxy) is 1. The predicted molar refractivity (Wildman–Crippen MR) is 116 cm³/mol. The molecule has 8 heteroatoms.